The molecular weight excluding hydrogens is 302 g/mol. The van der Waals surface area contributed by atoms with Gasteiger partial charge in [-0.05, 0) is 40.9 Å². The first-order valence-electron chi connectivity index (χ1n) is 6.99. The van der Waals surface area contributed by atoms with Crippen LogP contribution in [0.5, 0.6) is 0 Å². The van der Waals surface area contributed by atoms with Crippen LogP contribution in [0.25, 0.3) is 0 Å². The predicted molar refractivity (Wildman–Crippen MR) is 87.2 cm³/mol. The van der Waals surface area contributed by atoms with Crippen molar-refractivity contribution < 1.29 is 0 Å². The summed E-state index contributed by atoms with van der Waals surface area (Å²) in [6.45, 7) is 6.44. The number of rotatable bonds is 8. The Hall–Kier alpha value is -1.03. The minimum absolute atomic E-state index is 0.125. The van der Waals surface area contributed by atoms with Crippen molar-refractivity contribution in [3.05, 3.63) is 28.2 Å². The maximum atomic E-state index is 7.79. The van der Waals surface area contributed by atoms with E-state index in [2.05, 4.69) is 40.7 Å². The molecule has 0 bridgehead atoms. The van der Waals surface area contributed by atoms with Gasteiger partial charge in [0.25, 0.3) is 0 Å². The predicted octanol–water partition coefficient (Wildman–Crippen LogP) is 4.14. The van der Waals surface area contributed by atoms with Gasteiger partial charge in [0.1, 0.15) is 5.84 Å². The zero-order chi connectivity index (χ0) is 14.3. The van der Waals surface area contributed by atoms with Crippen molar-refractivity contribution in [3.63, 3.8) is 0 Å². The van der Waals surface area contributed by atoms with Gasteiger partial charge in [-0.1, -0.05) is 32.8 Å². The van der Waals surface area contributed by atoms with E-state index in [4.69, 9.17) is 11.1 Å². The van der Waals surface area contributed by atoms with Crippen LogP contribution in [0, 0.1) is 5.41 Å². The van der Waals surface area contributed by atoms with Gasteiger partial charge in [-0.3, -0.25) is 5.41 Å². The number of nitrogens with one attached hydrogen (secondary N) is 1. The van der Waals surface area contributed by atoms with Crippen molar-refractivity contribution in [1.29, 1.82) is 5.41 Å². The quantitative estimate of drug-likeness (QED) is 0.557. The molecule has 4 heteroatoms. The molecular formula is C15H24BrN3. The average molecular weight is 326 g/mol. The van der Waals surface area contributed by atoms with Gasteiger partial charge >= 0.3 is 0 Å². The highest BCUT2D eigenvalue weighted by Gasteiger charge is 2.15. The Bertz CT molecular complexity index is 410. The molecule has 0 saturated carbocycles. The SMILES string of the molecule is CCCCN(CCCC)c1cccc(Br)c1C(=N)N. The molecule has 3 nitrogen and oxygen atoms in total. The van der Waals surface area contributed by atoms with Crippen LogP contribution >= 0.6 is 15.9 Å². The molecule has 1 aromatic rings. The van der Waals surface area contributed by atoms with Crippen LogP contribution in [-0.4, -0.2) is 18.9 Å². The second kappa shape index (κ2) is 8.20. The lowest BCUT2D eigenvalue weighted by molar-refractivity contribution is 0.677. The minimum atomic E-state index is 0.125. The minimum Gasteiger partial charge on any atom is -0.384 e. The van der Waals surface area contributed by atoms with Crippen molar-refractivity contribution >= 4 is 27.5 Å². The molecule has 0 atom stereocenters. The summed E-state index contributed by atoms with van der Waals surface area (Å²) in [7, 11) is 0. The number of amidine groups is 1. The van der Waals surface area contributed by atoms with Crippen molar-refractivity contribution in [2.24, 2.45) is 5.73 Å². The smallest absolute Gasteiger partial charge is 0.126 e. The standard InChI is InChI=1S/C15H24BrN3/c1-3-5-10-19(11-6-4-2)13-9-7-8-12(16)14(13)15(17)18/h7-9H,3-6,10-11H2,1-2H3,(H3,17,18). The van der Waals surface area contributed by atoms with E-state index in [9.17, 15) is 0 Å². The number of benzene rings is 1. The van der Waals surface area contributed by atoms with Gasteiger partial charge in [0, 0.05) is 23.2 Å². The van der Waals surface area contributed by atoms with E-state index < -0.39 is 0 Å². The number of nitrogens with two attached hydrogens (primary N) is 1. The molecule has 0 aliphatic heterocycles. The Morgan fingerprint density at radius 2 is 1.79 bits per heavy atom. The number of anilines is 1. The molecule has 1 rings (SSSR count). The van der Waals surface area contributed by atoms with Crippen LogP contribution in [0.15, 0.2) is 22.7 Å². The summed E-state index contributed by atoms with van der Waals surface area (Å²) in [5.74, 6) is 0.125. The summed E-state index contributed by atoms with van der Waals surface area (Å²) in [6.07, 6.45) is 4.67. The number of hydrogen-bond acceptors (Lipinski definition) is 2. The highest BCUT2D eigenvalue weighted by Crippen LogP contribution is 2.28. The number of halogens is 1. The fourth-order valence-corrected chi connectivity index (χ4v) is 2.66. The van der Waals surface area contributed by atoms with E-state index in [0.717, 1.165) is 41.7 Å². The lowest BCUT2D eigenvalue weighted by Crippen LogP contribution is -2.28. The first-order chi connectivity index (χ1) is 9.11. The van der Waals surface area contributed by atoms with Gasteiger partial charge in [0.15, 0.2) is 0 Å². The first-order valence-corrected chi connectivity index (χ1v) is 7.78. The normalized spacial score (nSPS) is 10.5. The monoisotopic (exact) mass is 325 g/mol. The van der Waals surface area contributed by atoms with Gasteiger partial charge in [-0.25, -0.2) is 0 Å². The number of nitrogen functional groups attached to an aromatic ring is 1. The second-order valence-electron chi connectivity index (χ2n) is 4.74. The molecule has 19 heavy (non-hydrogen) atoms. The van der Waals surface area contributed by atoms with Crippen LogP contribution in [0.4, 0.5) is 5.69 Å². The highest BCUT2D eigenvalue weighted by atomic mass is 79.9. The molecule has 0 saturated heterocycles. The van der Waals surface area contributed by atoms with Crippen LogP contribution in [0.2, 0.25) is 0 Å². The highest BCUT2D eigenvalue weighted by molar-refractivity contribution is 9.10. The summed E-state index contributed by atoms with van der Waals surface area (Å²) >= 11 is 3.50. The Balaban J connectivity index is 3.06. The Labute approximate surface area is 124 Å². The summed E-state index contributed by atoms with van der Waals surface area (Å²) < 4.78 is 0.899. The molecule has 0 aliphatic rings. The summed E-state index contributed by atoms with van der Waals surface area (Å²) in [6, 6.07) is 6.02. The molecule has 0 fully saturated rings. The zero-order valence-electron chi connectivity index (χ0n) is 11.9. The number of hydrogen-bond donors (Lipinski definition) is 2. The first kappa shape index (κ1) is 16.0. The number of nitrogens with zero attached hydrogens (tertiary/aromatic N) is 1. The van der Waals surface area contributed by atoms with Crippen LogP contribution in [0.3, 0.4) is 0 Å². The van der Waals surface area contributed by atoms with E-state index in [1.807, 2.05) is 12.1 Å². The third-order valence-electron chi connectivity index (χ3n) is 3.16. The lowest BCUT2D eigenvalue weighted by Gasteiger charge is -2.27. The summed E-state index contributed by atoms with van der Waals surface area (Å²) in [4.78, 5) is 2.36. The van der Waals surface area contributed by atoms with E-state index in [1.54, 1.807) is 0 Å². The molecule has 0 aromatic heterocycles. The zero-order valence-corrected chi connectivity index (χ0v) is 13.5. The van der Waals surface area contributed by atoms with E-state index >= 15 is 0 Å². The maximum Gasteiger partial charge on any atom is 0.126 e. The van der Waals surface area contributed by atoms with Crippen molar-refractivity contribution in [3.8, 4) is 0 Å². The Morgan fingerprint density at radius 1 is 1.21 bits per heavy atom. The van der Waals surface area contributed by atoms with Gasteiger partial charge in [0.05, 0.1) is 5.56 Å². The second-order valence-corrected chi connectivity index (χ2v) is 5.60. The summed E-state index contributed by atoms with van der Waals surface area (Å²) in [5.41, 5.74) is 7.62. The molecule has 0 unspecified atom stereocenters. The molecule has 1 aromatic carbocycles. The van der Waals surface area contributed by atoms with Gasteiger partial charge in [0.2, 0.25) is 0 Å². The molecule has 106 valence electrons. The average Bonchev–Trinajstić information content (AvgIpc) is 2.38. The topological polar surface area (TPSA) is 53.1 Å². The van der Waals surface area contributed by atoms with E-state index in [-0.39, 0.29) is 5.84 Å². The number of unbranched alkanes of at least 4 members (excludes halogenated alkanes) is 2. The fourth-order valence-electron chi connectivity index (χ4n) is 2.09. The summed E-state index contributed by atoms with van der Waals surface area (Å²) in [5, 5.41) is 7.79. The van der Waals surface area contributed by atoms with Crippen molar-refractivity contribution in [2.75, 3.05) is 18.0 Å². The molecule has 0 aliphatic carbocycles. The van der Waals surface area contributed by atoms with Crippen LogP contribution < -0.4 is 10.6 Å². The Kier molecular flexibility index (Phi) is 6.92. The van der Waals surface area contributed by atoms with Gasteiger partial charge in [-0.2, -0.15) is 0 Å². The van der Waals surface area contributed by atoms with E-state index in [1.165, 1.54) is 12.8 Å². The molecule has 3 N–H and O–H groups in total. The molecule has 0 spiro atoms. The largest absolute Gasteiger partial charge is 0.384 e. The fraction of sp³-hybridized carbons (Fsp3) is 0.533. The van der Waals surface area contributed by atoms with E-state index in [0.29, 0.717) is 0 Å². The van der Waals surface area contributed by atoms with Crippen molar-refractivity contribution in [2.45, 2.75) is 39.5 Å². The Morgan fingerprint density at radius 3 is 2.26 bits per heavy atom. The third kappa shape index (κ3) is 4.53. The van der Waals surface area contributed by atoms with Gasteiger partial charge in [-0.15, -0.1) is 0 Å². The molecule has 0 radical (unpaired) electrons. The lowest BCUT2D eigenvalue weighted by atomic mass is 10.1. The van der Waals surface area contributed by atoms with Crippen molar-refractivity contribution in [1.82, 2.24) is 0 Å². The third-order valence-corrected chi connectivity index (χ3v) is 3.83. The molecule has 0 amide bonds. The van der Waals surface area contributed by atoms with Crippen LogP contribution in [-0.2, 0) is 0 Å². The van der Waals surface area contributed by atoms with Gasteiger partial charge < -0.3 is 10.6 Å². The molecule has 0 heterocycles. The van der Waals surface area contributed by atoms with Crippen LogP contribution in [0.1, 0.15) is 45.1 Å². The maximum absolute atomic E-state index is 7.79.